The predicted molar refractivity (Wildman–Crippen MR) is 129 cm³/mol. The molecule has 10 heteroatoms. The van der Waals surface area contributed by atoms with Crippen LogP contribution in [-0.2, 0) is 42.9 Å². The summed E-state index contributed by atoms with van der Waals surface area (Å²) in [6.45, 7) is 5.19. The first-order valence-corrected chi connectivity index (χ1v) is 13.8. The number of hydrogen-bond donors (Lipinski definition) is 1. The molecule has 1 N–H and O–H groups in total. The number of hydrogen-bond acceptors (Lipinski definition) is 10. The summed E-state index contributed by atoms with van der Waals surface area (Å²) < 4.78 is 30.6. The molecule has 0 unspecified atom stereocenters. The van der Waals surface area contributed by atoms with Gasteiger partial charge < -0.3 is 28.8 Å². The molecule has 0 radical (unpaired) electrons. The number of rotatable bonds is 1. The average Bonchev–Trinajstić information content (AvgIpc) is 3.21. The molecule has 0 aromatic carbocycles. The van der Waals surface area contributed by atoms with Crippen molar-refractivity contribution in [2.24, 2.45) is 34.5 Å². The van der Waals surface area contributed by atoms with Crippen LogP contribution in [0.1, 0.15) is 46.5 Å². The van der Waals surface area contributed by atoms with E-state index < -0.39 is 80.9 Å². The Morgan fingerprint density at radius 3 is 2.64 bits per heavy atom. The first-order chi connectivity index (χ1) is 18.3. The number of ether oxygens (including phenoxy) is 5. The van der Waals surface area contributed by atoms with Gasteiger partial charge in [-0.3, -0.25) is 14.4 Å². The number of carbonyl (C=O) groups is 4. The fraction of sp³-hybridized carbons (Fsp3) is 0.724. The van der Waals surface area contributed by atoms with E-state index in [1.165, 1.54) is 0 Å². The third-order valence-corrected chi connectivity index (χ3v) is 12.2. The summed E-state index contributed by atoms with van der Waals surface area (Å²) in [6, 6.07) is 0. The Bertz CT molecular complexity index is 1350. The summed E-state index contributed by atoms with van der Waals surface area (Å²) in [5.41, 5.74) is -6.88. The van der Waals surface area contributed by atoms with Crippen molar-refractivity contribution in [2.75, 3.05) is 13.7 Å². The van der Waals surface area contributed by atoms with Gasteiger partial charge in [-0.15, -0.1) is 0 Å². The molecule has 208 valence electrons. The van der Waals surface area contributed by atoms with Crippen LogP contribution < -0.4 is 0 Å². The fourth-order valence-electron chi connectivity index (χ4n) is 10.0. The number of methoxy groups -OCH3 is 1. The maximum absolute atomic E-state index is 14.9. The second-order valence-corrected chi connectivity index (χ2v) is 13.4. The molecule has 12 atom stereocenters. The fourth-order valence-corrected chi connectivity index (χ4v) is 10.0. The lowest BCUT2D eigenvalue weighted by molar-refractivity contribution is -0.370. The highest BCUT2D eigenvalue weighted by Gasteiger charge is 2.93. The van der Waals surface area contributed by atoms with Crippen molar-refractivity contribution in [1.29, 1.82) is 0 Å². The van der Waals surface area contributed by atoms with E-state index in [-0.39, 0.29) is 44.2 Å². The molecule has 6 fully saturated rings. The van der Waals surface area contributed by atoms with Crippen molar-refractivity contribution >= 4 is 23.5 Å². The molecule has 5 saturated heterocycles. The number of Topliss-reactive ketones (excluding diaryl/α,β-unsaturated/α-hetero) is 2. The maximum Gasteiger partial charge on any atom is 0.342 e. The van der Waals surface area contributed by atoms with Crippen molar-refractivity contribution in [2.45, 2.75) is 81.3 Å². The summed E-state index contributed by atoms with van der Waals surface area (Å²) >= 11 is 0. The molecule has 10 nitrogen and oxygen atoms in total. The van der Waals surface area contributed by atoms with Gasteiger partial charge in [0.1, 0.15) is 11.9 Å². The Hall–Kier alpha value is -2.40. The molecule has 0 aromatic rings. The largest absolute Gasteiger partial charge is 0.458 e. The molecule has 0 amide bonds. The van der Waals surface area contributed by atoms with E-state index in [1.807, 2.05) is 32.1 Å². The number of ketones is 2. The Labute approximate surface area is 225 Å². The quantitative estimate of drug-likeness (QED) is 0.483. The standard InChI is InChI=1S/C29H32O10/c1-24-11-19-26(3)29-20(24)21(31)28(39-29,36-12-17(24)22(32)37-19)16-6-5-13-9-14(35-4)10-18(30)25(13,2)15(16)7-8-27(29,34)23(33)38-26/h5-6,9,14-17,19-20,34H,7-8,10-12H2,1-4H3/t14-,15-,16+,17-,19+,20-,24+,25-,26-,27-,28+,29-/m0/s1. The molecular weight excluding hydrogens is 508 g/mol. The van der Waals surface area contributed by atoms with Crippen LogP contribution in [0.4, 0.5) is 0 Å². The summed E-state index contributed by atoms with van der Waals surface area (Å²) in [5, 5.41) is 12.4. The van der Waals surface area contributed by atoms with Crippen molar-refractivity contribution in [3.8, 4) is 0 Å². The van der Waals surface area contributed by atoms with Crippen molar-refractivity contribution in [1.82, 2.24) is 0 Å². The van der Waals surface area contributed by atoms with Gasteiger partial charge >= 0.3 is 11.9 Å². The van der Waals surface area contributed by atoms with Gasteiger partial charge in [0.15, 0.2) is 22.6 Å². The normalized spacial score (nSPS) is 58.0. The van der Waals surface area contributed by atoms with Gasteiger partial charge in [-0.1, -0.05) is 25.2 Å². The van der Waals surface area contributed by atoms with E-state index in [4.69, 9.17) is 23.7 Å². The van der Waals surface area contributed by atoms with Gasteiger partial charge in [-0.25, -0.2) is 4.79 Å². The highest BCUT2D eigenvalue weighted by Crippen LogP contribution is 2.74. The summed E-state index contributed by atoms with van der Waals surface area (Å²) in [6.07, 6.45) is 5.00. The predicted octanol–water partition coefficient (Wildman–Crippen LogP) is 1.18. The van der Waals surface area contributed by atoms with Gasteiger partial charge in [-0.2, -0.15) is 0 Å². The van der Waals surface area contributed by atoms with Crippen LogP contribution in [0.2, 0.25) is 0 Å². The zero-order chi connectivity index (χ0) is 27.5. The zero-order valence-electron chi connectivity index (χ0n) is 22.4. The molecule has 5 heterocycles. The Morgan fingerprint density at radius 1 is 1.13 bits per heavy atom. The topological polar surface area (TPSA) is 135 Å². The molecule has 39 heavy (non-hydrogen) atoms. The Balaban J connectivity index is 1.42. The van der Waals surface area contributed by atoms with Gasteiger partial charge in [-0.05, 0) is 50.0 Å². The zero-order valence-corrected chi connectivity index (χ0v) is 22.4. The molecule has 8 aliphatic rings. The van der Waals surface area contributed by atoms with E-state index in [0.717, 1.165) is 5.57 Å². The summed E-state index contributed by atoms with van der Waals surface area (Å²) in [4.78, 5) is 55.8. The Kier molecular flexibility index (Phi) is 4.21. The first-order valence-electron chi connectivity index (χ1n) is 13.8. The van der Waals surface area contributed by atoms with Crippen LogP contribution in [0.3, 0.4) is 0 Å². The van der Waals surface area contributed by atoms with E-state index >= 15 is 0 Å². The molecule has 1 saturated carbocycles. The van der Waals surface area contributed by atoms with Gasteiger partial charge in [0.2, 0.25) is 5.79 Å². The first kappa shape index (κ1) is 24.4. The third kappa shape index (κ3) is 2.22. The SMILES string of the molecule is CO[C@H]1C=C2C=C[C@@H]3[C@H](CC[C@]4(O)C(=O)O[C@@]5(C)[C@H]6C[C@]7(C)[C@@H](CO[C@@]38O[C@@]54[C@H]7C8=O)C(=O)O6)[C@@]2(C)C(=O)C1. The van der Waals surface area contributed by atoms with Crippen molar-refractivity contribution in [3.05, 3.63) is 23.8 Å². The lowest BCUT2D eigenvalue weighted by Crippen LogP contribution is -2.79. The van der Waals surface area contributed by atoms with Crippen LogP contribution in [0.15, 0.2) is 23.8 Å². The number of allylic oxidation sites excluding steroid dienone is 2. The van der Waals surface area contributed by atoms with Gasteiger partial charge in [0.05, 0.1) is 30.0 Å². The van der Waals surface area contributed by atoms with E-state index in [9.17, 15) is 24.3 Å². The van der Waals surface area contributed by atoms with Crippen LogP contribution in [0.25, 0.3) is 0 Å². The van der Waals surface area contributed by atoms with E-state index in [0.29, 0.717) is 0 Å². The third-order valence-electron chi connectivity index (χ3n) is 12.2. The highest BCUT2D eigenvalue weighted by atomic mass is 16.8. The smallest absolute Gasteiger partial charge is 0.342 e. The lowest BCUT2D eigenvalue weighted by Gasteiger charge is -2.63. The number of aliphatic hydroxyl groups is 1. The molecule has 3 aliphatic carbocycles. The lowest BCUT2D eigenvalue weighted by atomic mass is 9.46. The summed E-state index contributed by atoms with van der Waals surface area (Å²) in [7, 11) is 1.56. The molecular formula is C29H32O10. The highest BCUT2D eigenvalue weighted by molar-refractivity contribution is 6.00. The van der Waals surface area contributed by atoms with Crippen LogP contribution in [-0.4, -0.2) is 77.1 Å². The monoisotopic (exact) mass is 540 g/mol. The molecule has 5 bridgehead atoms. The van der Waals surface area contributed by atoms with Crippen LogP contribution in [0, 0.1) is 34.5 Å². The second-order valence-electron chi connectivity index (χ2n) is 13.4. The minimum absolute atomic E-state index is 0.0485. The molecule has 2 spiro atoms. The van der Waals surface area contributed by atoms with E-state index in [1.54, 1.807) is 14.0 Å². The van der Waals surface area contributed by atoms with Crippen molar-refractivity contribution < 1.29 is 48.0 Å². The summed E-state index contributed by atoms with van der Waals surface area (Å²) in [5.74, 6) is -6.84. The van der Waals surface area contributed by atoms with Crippen LogP contribution in [0.5, 0.6) is 0 Å². The van der Waals surface area contributed by atoms with Gasteiger partial charge in [0, 0.05) is 19.4 Å². The second kappa shape index (κ2) is 6.73. The van der Waals surface area contributed by atoms with Crippen LogP contribution >= 0.6 is 0 Å². The number of fused-ring (bicyclic) bond motifs is 5. The van der Waals surface area contributed by atoms with Gasteiger partial charge in [0.25, 0.3) is 0 Å². The minimum Gasteiger partial charge on any atom is -0.458 e. The molecule has 8 rings (SSSR count). The maximum atomic E-state index is 14.9. The van der Waals surface area contributed by atoms with Crippen molar-refractivity contribution in [3.63, 3.8) is 0 Å². The Morgan fingerprint density at radius 2 is 1.90 bits per heavy atom. The molecule has 0 aromatic heterocycles. The molecule has 5 aliphatic heterocycles. The number of carbonyl (C=O) groups excluding carboxylic acids is 4. The minimum atomic E-state index is -2.21. The average molecular weight is 541 g/mol. The number of esters is 2. The van der Waals surface area contributed by atoms with E-state index in [2.05, 4.69) is 0 Å².